The summed E-state index contributed by atoms with van der Waals surface area (Å²) in [7, 11) is -1.88. The fourth-order valence-corrected chi connectivity index (χ4v) is 5.89. The SMILES string of the molecule is CC(C)(C)[Si](C)(C)OCC1(Cn2nc(N3CCC(F)(F)C3)c3cnc(Cl)cc32)CCCC1. The van der Waals surface area contributed by atoms with Gasteiger partial charge in [0.25, 0.3) is 5.92 Å². The Morgan fingerprint density at radius 3 is 2.47 bits per heavy atom. The maximum Gasteiger partial charge on any atom is 0.266 e. The predicted octanol–water partition coefficient (Wildman–Crippen LogP) is 6.51. The third-order valence-corrected chi connectivity index (χ3v) is 12.4. The van der Waals surface area contributed by atoms with Gasteiger partial charge in [0.15, 0.2) is 14.1 Å². The number of aromatic nitrogens is 3. The van der Waals surface area contributed by atoms with Gasteiger partial charge in [-0.25, -0.2) is 13.8 Å². The highest BCUT2D eigenvalue weighted by molar-refractivity contribution is 6.74. The van der Waals surface area contributed by atoms with Gasteiger partial charge in [-0.15, -0.1) is 0 Å². The number of alkyl halides is 2. The van der Waals surface area contributed by atoms with E-state index in [1.807, 2.05) is 4.68 Å². The molecule has 1 aliphatic heterocycles. The minimum atomic E-state index is -2.68. The molecule has 0 spiro atoms. The Morgan fingerprint density at radius 2 is 1.88 bits per heavy atom. The Balaban J connectivity index is 1.65. The van der Waals surface area contributed by atoms with E-state index in [9.17, 15) is 8.78 Å². The lowest BCUT2D eigenvalue weighted by molar-refractivity contribution is 0.0256. The van der Waals surface area contributed by atoms with E-state index in [0.29, 0.717) is 30.7 Å². The molecule has 0 amide bonds. The summed E-state index contributed by atoms with van der Waals surface area (Å²) in [6.07, 6.45) is 6.03. The number of hydrogen-bond acceptors (Lipinski definition) is 4. The zero-order valence-corrected chi connectivity index (χ0v) is 21.6. The van der Waals surface area contributed by atoms with Gasteiger partial charge in [0.05, 0.1) is 17.4 Å². The molecule has 4 rings (SSSR count). The number of pyridine rings is 1. The quantitative estimate of drug-likeness (QED) is 0.346. The van der Waals surface area contributed by atoms with Crippen LogP contribution in [0.4, 0.5) is 14.6 Å². The second-order valence-electron chi connectivity index (χ2n) is 11.3. The Morgan fingerprint density at radius 1 is 1.19 bits per heavy atom. The third-order valence-electron chi connectivity index (χ3n) is 7.75. The molecule has 0 aromatic carbocycles. The molecule has 0 radical (unpaired) electrons. The normalized spacial score (nSPS) is 21.1. The second-order valence-corrected chi connectivity index (χ2v) is 16.5. The minimum Gasteiger partial charge on any atom is -0.416 e. The van der Waals surface area contributed by atoms with Crippen molar-refractivity contribution in [3.8, 4) is 0 Å². The third kappa shape index (κ3) is 4.68. The molecule has 1 aliphatic carbocycles. The molecule has 1 saturated heterocycles. The highest BCUT2D eigenvalue weighted by Crippen LogP contribution is 2.44. The van der Waals surface area contributed by atoms with Crippen molar-refractivity contribution in [1.29, 1.82) is 0 Å². The van der Waals surface area contributed by atoms with Gasteiger partial charge in [0.2, 0.25) is 0 Å². The first-order valence-corrected chi connectivity index (χ1v) is 14.9. The number of anilines is 1. The molecule has 2 fully saturated rings. The number of halogens is 3. The summed E-state index contributed by atoms with van der Waals surface area (Å²) in [5, 5.41) is 6.16. The van der Waals surface area contributed by atoms with Crippen LogP contribution in [-0.2, 0) is 11.0 Å². The zero-order chi connectivity index (χ0) is 23.4. The van der Waals surface area contributed by atoms with Gasteiger partial charge in [-0.1, -0.05) is 45.2 Å². The molecule has 5 nitrogen and oxygen atoms in total. The summed E-state index contributed by atoms with van der Waals surface area (Å²) < 4.78 is 36.5. The smallest absolute Gasteiger partial charge is 0.266 e. The molecule has 9 heteroatoms. The zero-order valence-electron chi connectivity index (χ0n) is 19.8. The van der Waals surface area contributed by atoms with Crippen LogP contribution in [0.5, 0.6) is 0 Å². The van der Waals surface area contributed by atoms with Crippen molar-refractivity contribution in [3.05, 3.63) is 17.4 Å². The van der Waals surface area contributed by atoms with E-state index >= 15 is 0 Å². The maximum absolute atomic E-state index is 13.9. The molecule has 2 aliphatic rings. The molecule has 2 aromatic heterocycles. The van der Waals surface area contributed by atoms with Crippen LogP contribution >= 0.6 is 11.6 Å². The molecule has 178 valence electrons. The van der Waals surface area contributed by atoms with Crippen molar-refractivity contribution in [2.75, 3.05) is 24.6 Å². The van der Waals surface area contributed by atoms with Crippen molar-refractivity contribution >= 4 is 36.6 Å². The lowest BCUT2D eigenvalue weighted by Gasteiger charge is -2.40. The first-order chi connectivity index (χ1) is 14.8. The Hall–Kier alpha value is -1.25. The van der Waals surface area contributed by atoms with Crippen LogP contribution in [0.3, 0.4) is 0 Å². The van der Waals surface area contributed by atoms with Crippen molar-refractivity contribution in [3.63, 3.8) is 0 Å². The molecule has 0 atom stereocenters. The summed E-state index contributed by atoms with van der Waals surface area (Å²) in [5.74, 6) is -2.10. The topological polar surface area (TPSA) is 43.2 Å². The maximum atomic E-state index is 13.9. The van der Waals surface area contributed by atoms with Crippen LogP contribution in [0.2, 0.25) is 23.3 Å². The number of fused-ring (bicyclic) bond motifs is 1. The van der Waals surface area contributed by atoms with Gasteiger partial charge in [0.1, 0.15) is 5.15 Å². The first kappa shape index (κ1) is 23.9. The van der Waals surface area contributed by atoms with E-state index < -0.39 is 14.2 Å². The van der Waals surface area contributed by atoms with E-state index in [2.05, 4.69) is 38.8 Å². The van der Waals surface area contributed by atoms with E-state index in [-0.39, 0.29) is 23.4 Å². The minimum absolute atomic E-state index is 0.00354. The monoisotopic (exact) mass is 484 g/mol. The fourth-order valence-electron chi connectivity index (χ4n) is 4.64. The van der Waals surface area contributed by atoms with Gasteiger partial charge in [-0.3, -0.25) is 4.68 Å². The molecule has 1 saturated carbocycles. The average molecular weight is 485 g/mol. The fraction of sp³-hybridized carbons (Fsp3) is 0.739. The number of rotatable bonds is 6. The van der Waals surface area contributed by atoms with Crippen LogP contribution in [0.25, 0.3) is 10.9 Å². The van der Waals surface area contributed by atoms with Crippen LogP contribution in [0.15, 0.2) is 12.3 Å². The largest absolute Gasteiger partial charge is 0.416 e. The van der Waals surface area contributed by atoms with Crippen molar-refractivity contribution < 1.29 is 13.2 Å². The van der Waals surface area contributed by atoms with E-state index in [4.69, 9.17) is 21.1 Å². The summed E-state index contributed by atoms with van der Waals surface area (Å²) in [6, 6.07) is 1.80. The van der Waals surface area contributed by atoms with Crippen LogP contribution in [-0.4, -0.2) is 48.7 Å². The van der Waals surface area contributed by atoms with Crippen LogP contribution < -0.4 is 4.90 Å². The Kier molecular flexibility index (Phi) is 6.12. The lowest BCUT2D eigenvalue weighted by atomic mass is 9.87. The summed E-state index contributed by atoms with van der Waals surface area (Å²) >= 11 is 6.22. The molecule has 3 heterocycles. The molecule has 0 N–H and O–H groups in total. The second kappa shape index (κ2) is 8.20. The highest BCUT2D eigenvalue weighted by Gasteiger charge is 2.43. The van der Waals surface area contributed by atoms with Crippen molar-refractivity contribution in [2.45, 2.75) is 83.5 Å². The number of nitrogens with zero attached hydrogens (tertiary/aromatic N) is 4. The van der Waals surface area contributed by atoms with Crippen LogP contribution in [0, 0.1) is 5.41 Å². The summed E-state index contributed by atoms with van der Waals surface area (Å²) in [6.45, 7) is 12.7. The first-order valence-electron chi connectivity index (χ1n) is 11.6. The van der Waals surface area contributed by atoms with Crippen molar-refractivity contribution in [1.82, 2.24) is 14.8 Å². The van der Waals surface area contributed by atoms with E-state index in [1.165, 1.54) is 12.8 Å². The molecule has 0 unspecified atom stereocenters. The lowest BCUT2D eigenvalue weighted by Crippen LogP contribution is -2.44. The van der Waals surface area contributed by atoms with Gasteiger partial charge in [-0.2, -0.15) is 5.10 Å². The van der Waals surface area contributed by atoms with Gasteiger partial charge < -0.3 is 9.33 Å². The number of hydrogen-bond donors (Lipinski definition) is 0. The molecular formula is C23H35ClF2N4OSi. The molecular weight excluding hydrogens is 450 g/mol. The summed E-state index contributed by atoms with van der Waals surface area (Å²) in [4.78, 5) is 5.90. The molecule has 2 aromatic rings. The summed E-state index contributed by atoms with van der Waals surface area (Å²) in [5.41, 5.74) is 0.852. The highest BCUT2D eigenvalue weighted by atomic mass is 35.5. The average Bonchev–Trinajstić information content (AvgIpc) is 3.38. The van der Waals surface area contributed by atoms with E-state index in [0.717, 1.165) is 23.7 Å². The molecule has 0 bridgehead atoms. The Bertz CT molecular complexity index is 982. The standard InChI is InChI=1S/C23H35ClF2N4OSi/c1-21(2,3)32(4,5)31-16-22(8-6-7-9-22)14-30-18-12-19(24)27-13-17(18)20(28-30)29-11-10-23(25,26)15-29/h12-13H,6-11,14-16H2,1-5H3. The van der Waals surface area contributed by atoms with Crippen LogP contribution in [0.1, 0.15) is 52.9 Å². The molecule has 32 heavy (non-hydrogen) atoms. The Labute approximate surface area is 195 Å². The predicted molar refractivity (Wildman–Crippen MR) is 128 cm³/mol. The van der Waals surface area contributed by atoms with Gasteiger partial charge >= 0.3 is 0 Å². The van der Waals surface area contributed by atoms with Crippen molar-refractivity contribution in [2.24, 2.45) is 5.41 Å². The van der Waals surface area contributed by atoms with Gasteiger partial charge in [0, 0.05) is 43.8 Å². The van der Waals surface area contributed by atoms with Gasteiger partial charge in [-0.05, 0) is 31.0 Å². The van der Waals surface area contributed by atoms with E-state index in [1.54, 1.807) is 17.2 Å².